The van der Waals surface area contributed by atoms with Crippen molar-refractivity contribution in [2.75, 3.05) is 19.3 Å². The standard InChI is InChI=1S/C13H25NO3S/c1-3-7-13(15)9-14(10-13)11-5-4-6-12(8-11)18(2,16)17/h11-12,15H,3-10H2,1-2H3. The van der Waals surface area contributed by atoms with Crippen LogP contribution in [-0.2, 0) is 9.84 Å². The molecule has 2 aliphatic rings. The highest BCUT2D eigenvalue weighted by Crippen LogP contribution is 2.34. The molecule has 18 heavy (non-hydrogen) atoms. The summed E-state index contributed by atoms with van der Waals surface area (Å²) in [5.74, 6) is 0. The second-order valence-electron chi connectivity index (χ2n) is 6.15. The first-order chi connectivity index (χ1) is 8.34. The van der Waals surface area contributed by atoms with E-state index in [0.717, 1.165) is 51.6 Å². The van der Waals surface area contributed by atoms with Crippen molar-refractivity contribution in [1.82, 2.24) is 4.90 Å². The van der Waals surface area contributed by atoms with Gasteiger partial charge in [-0.05, 0) is 25.7 Å². The second kappa shape index (κ2) is 5.10. The molecule has 0 spiro atoms. The Labute approximate surface area is 110 Å². The minimum atomic E-state index is -2.90. The van der Waals surface area contributed by atoms with Crippen LogP contribution in [0.3, 0.4) is 0 Å². The number of aliphatic hydroxyl groups is 1. The SMILES string of the molecule is CCCC1(O)CN(C2CCCC(S(C)(=O)=O)C2)C1. The first-order valence-electron chi connectivity index (χ1n) is 6.99. The van der Waals surface area contributed by atoms with Crippen molar-refractivity contribution in [3.63, 3.8) is 0 Å². The van der Waals surface area contributed by atoms with E-state index in [-0.39, 0.29) is 5.25 Å². The molecule has 5 heteroatoms. The van der Waals surface area contributed by atoms with Gasteiger partial charge in [0.25, 0.3) is 0 Å². The average Bonchev–Trinajstić information content (AvgIpc) is 2.25. The van der Waals surface area contributed by atoms with Crippen LogP contribution in [0.25, 0.3) is 0 Å². The molecule has 2 rings (SSSR count). The zero-order valence-electron chi connectivity index (χ0n) is 11.4. The molecule has 0 aromatic heterocycles. The molecule has 0 aromatic rings. The molecule has 1 aliphatic carbocycles. The maximum Gasteiger partial charge on any atom is 0.150 e. The number of nitrogens with zero attached hydrogens (tertiary/aromatic N) is 1. The third kappa shape index (κ3) is 3.06. The monoisotopic (exact) mass is 275 g/mol. The molecule has 1 heterocycles. The van der Waals surface area contributed by atoms with Crippen LogP contribution in [0, 0.1) is 0 Å². The van der Waals surface area contributed by atoms with Gasteiger partial charge < -0.3 is 5.11 Å². The summed E-state index contributed by atoms with van der Waals surface area (Å²) >= 11 is 0. The molecule has 1 saturated carbocycles. The second-order valence-corrected chi connectivity index (χ2v) is 8.48. The molecule has 2 atom stereocenters. The fourth-order valence-electron chi connectivity index (χ4n) is 3.43. The van der Waals surface area contributed by atoms with Gasteiger partial charge >= 0.3 is 0 Å². The minimum Gasteiger partial charge on any atom is -0.387 e. The lowest BCUT2D eigenvalue weighted by Crippen LogP contribution is -2.65. The van der Waals surface area contributed by atoms with Crippen LogP contribution in [0.5, 0.6) is 0 Å². The summed E-state index contributed by atoms with van der Waals surface area (Å²) in [6.45, 7) is 3.53. The van der Waals surface area contributed by atoms with E-state index in [2.05, 4.69) is 11.8 Å². The normalized spacial score (nSPS) is 33.1. The molecule has 0 aromatic carbocycles. The van der Waals surface area contributed by atoms with Gasteiger partial charge in [0, 0.05) is 25.4 Å². The predicted molar refractivity (Wildman–Crippen MR) is 72.3 cm³/mol. The van der Waals surface area contributed by atoms with Crippen LogP contribution < -0.4 is 0 Å². The van der Waals surface area contributed by atoms with Crippen LogP contribution in [-0.4, -0.2) is 54.7 Å². The summed E-state index contributed by atoms with van der Waals surface area (Å²) in [5, 5.41) is 10.0. The van der Waals surface area contributed by atoms with E-state index in [4.69, 9.17) is 0 Å². The quantitative estimate of drug-likeness (QED) is 0.837. The Balaban J connectivity index is 1.88. The van der Waals surface area contributed by atoms with E-state index >= 15 is 0 Å². The van der Waals surface area contributed by atoms with Crippen molar-refractivity contribution in [3.8, 4) is 0 Å². The van der Waals surface area contributed by atoms with Crippen molar-refractivity contribution in [3.05, 3.63) is 0 Å². The van der Waals surface area contributed by atoms with Crippen LogP contribution >= 0.6 is 0 Å². The molecule has 2 unspecified atom stereocenters. The molecule has 0 radical (unpaired) electrons. The summed E-state index contributed by atoms with van der Waals surface area (Å²) in [7, 11) is -2.90. The van der Waals surface area contributed by atoms with Crippen LogP contribution in [0.1, 0.15) is 45.4 Å². The molecule has 4 nitrogen and oxygen atoms in total. The van der Waals surface area contributed by atoms with Gasteiger partial charge in [-0.1, -0.05) is 19.8 Å². The Hall–Kier alpha value is -0.130. The Morgan fingerprint density at radius 2 is 2.00 bits per heavy atom. The lowest BCUT2D eigenvalue weighted by Gasteiger charge is -2.51. The highest BCUT2D eigenvalue weighted by atomic mass is 32.2. The number of likely N-dealkylation sites (tertiary alicyclic amines) is 1. The van der Waals surface area contributed by atoms with E-state index < -0.39 is 15.4 Å². The van der Waals surface area contributed by atoms with E-state index in [1.54, 1.807) is 0 Å². The zero-order valence-corrected chi connectivity index (χ0v) is 12.2. The number of hydrogen-bond acceptors (Lipinski definition) is 4. The number of rotatable bonds is 4. The van der Waals surface area contributed by atoms with Crippen molar-refractivity contribution >= 4 is 9.84 Å². The van der Waals surface area contributed by atoms with Crippen molar-refractivity contribution < 1.29 is 13.5 Å². The van der Waals surface area contributed by atoms with Gasteiger partial charge in [0.2, 0.25) is 0 Å². The summed E-state index contributed by atoms with van der Waals surface area (Å²) in [6, 6.07) is 0.357. The van der Waals surface area contributed by atoms with E-state index in [1.165, 1.54) is 6.26 Å². The topological polar surface area (TPSA) is 57.6 Å². The number of sulfone groups is 1. The predicted octanol–water partition coefficient (Wildman–Crippen LogP) is 1.19. The molecule has 0 amide bonds. The lowest BCUT2D eigenvalue weighted by molar-refractivity contribution is -0.124. The maximum atomic E-state index is 11.6. The summed E-state index contributed by atoms with van der Waals surface area (Å²) in [5.41, 5.74) is -0.507. The maximum absolute atomic E-state index is 11.6. The van der Waals surface area contributed by atoms with E-state index in [9.17, 15) is 13.5 Å². The molecular weight excluding hydrogens is 250 g/mol. The first-order valence-corrected chi connectivity index (χ1v) is 8.95. The van der Waals surface area contributed by atoms with Crippen molar-refractivity contribution in [2.45, 2.75) is 62.3 Å². The summed E-state index contributed by atoms with van der Waals surface area (Å²) in [6.07, 6.45) is 6.83. The highest BCUT2D eigenvalue weighted by Gasteiger charge is 2.44. The van der Waals surface area contributed by atoms with Gasteiger partial charge in [-0.3, -0.25) is 4.90 Å². The fraction of sp³-hybridized carbons (Fsp3) is 1.00. The van der Waals surface area contributed by atoms with Gasteiger partial charge in [-0.15, -0.1) is 0 Å². The van der Waals surface area contributed by atoms with Crippen molar-refractivity contribution in [2.24, 2.45) is 0 Å². The summed E-state index contributed by atoms with van der Waals surface area (Å²) < 4.78 is 23.2. The Morgan fingerprint density at radius 3 is 2.56 bits per heavy atom. The largest absolute Gasteiger partial charge is 0.387 e. The van der Waals surface area contributed by atoms with Gasteiger partial charge in [0.15, 0.2) is 0 Å². The lowest BCUT2D eigenvalue weighted by atomic mass is 9.84. The molecule has 106 valence electrons. The third-order valence-corrected chi connectivity index (χ3v) is 6.07. The Bertz CT molecular complexity index is 387. The first kappa shape index (κ1) is 14.3. The Kier molecular flexibility index (Phi) is 4.04. The van der Waals surface area contributed by atoms with Gasteiger partial charge in [-0.2, -0.15) is 0 Å². The number of hydrogen-bond donors (Lipinski definition) is 1. The Morgan fingerprint density at radius 1 is 1.33 bits per heavy atom. The highest BCUT2D eigenvalue weighted by molar-refractivity contribution is 7.91. The van der Waals surface area contributed by atoms with E-state index in [0.29, 0.717) is 6.04 Å². The van der Waals surface area contributed by atoms with E-state index in [1.807, 2.05) is 0 Å². The van der Waals surface area contributed by atoms with Crippen LogP contribution in [0.4, 0.5) is 0 Å². The molecule has 1 saturated heterocycles. The summed E-state index contributed by atoms with van der Waals surface area (Å²) in [4.78, 5) is 2.27. The van der Waals surface area contributed by atoms with Gasteiger partial charge in [0.05, 0.1) is 10.9 Å². The molecule has 1 aliphatic heterocycles. The van der Waals surface area contributed by atoms with Crippen LogP contribution in [0.2, 0.25) is 0 Å². The third-order valence-electron chi connectivity index (χ3n) is 4.43. The van der Waals surface area contributed by atoms with Gasteiger partial charge in [0.1, 0.15) is 9.84 Å². The smallest absolute Gasteiger partial charge is 0.150 e. The zero-order chi connectivity index (χ0) is 13.4. The van der Waals surface area contributed by atoms with Crippen molar-refractivity contribution in [1.29, 1.82) is 0 Å². The minimum absolute atomic E-state index is 0.170. The molecule has 2 fully saturated rings. The number of β-amino-alcohol motifs (C(OH)–C–C–N with tert-alkyl or cyclic N) is 1. The molecule has 1 N–H and O–H groups in total. The molecule has 0 bridgehead atoms. The fourth-order valence-corrected chi connectivity index (χ4v) is 4.60. The van der Waals surface area contributed by atoms with Crippen LogP contribution in [0.15, 0.2) is 0 Å². The van der Waals surface area contributed by atoms with Gasteiger partial charge in [-0.25, -0.2) is 8.42 Å². The molecular formula is C13H25NO3S. The average molecular weight is 275 g/mol.